The smallest absolute Gasteiger partial charge is 0.164 e. The second-order valence-corrected chi connectivity index (χ2v) is 14.0. The largest absolute Gasteiger partial charge is 0.208 e. The molecular weight excluding hydrogens is 619 g/mol. The van der Waals surface area contributed by atoms with Crippen LogP contribution < -0.4 is 0 Å². The van der Waals surface area contributed by atoms with Gasteiger partial charge in [0.1, 0.15) is 0 Å². The summed E-state index contributed by atoms with van der Waals surface area (Å²) in [6.07, 6.45) is 0. The van der Waals surface area contributed by atoms with Gasteiger partial charge in [-0.1, -0.05) is 159 Å². The van der Waals surface area contributed by atoms with E-state index < -0.39 is 0 Å². The molecule has 0 N–H and O–H groups in total. The summed E-state index contributed by atoms with van der Waals surface area (Å²) in [7, 11) is 0. The number of fused-ring (bicyclic) bond motifs is 7. The number of aromatic nitrogens is 3. The Labute approximate surface area is 297 Å². The maximum Gasteiger partial charge on any atom is 0.164 e. The molecular formula is C48H33N3. The van der Waals surface area contributed by atoms with E-state index in [1.54, 1.807) is 0 Å². The summed E-state index contributed by atoms with van der Waals surface area (Å²) in [5.41, 5.74) is 10.3. The Morgan fingerprint density at radius 3 is 1.75 bits per heavy atom. The molecule has 10 rings (SSSR count). The monoisotopic (exact) mass is 651 g/mol. The minimum Gasteiger partial charge on any atom is -0.208 e. The van der Waals surface area contributed by atoms with Crippen molar-refractivity contribution in [3.8, 4) is 56.4 Å². The van der Waals surface area contributed by atoms with E-state index in [4.69, 9.17) is 15.0 Å². The fourth-order valence-corrected chi connectivity index (χ4v) is 8.14. The van der Waals surface area contributed by atoms with E-state index in [1.165, 1.54) is 49.4 Å². The van der Waals surface area contributed by atoms with Gasteiger partial charge in [0.25, 0.3) is 0 Å². The lowest BCUT2D eigenvalue weighted by molar-refractivity contribution is 0.660. The number of hydrogen-bond acceptors (Lipinski definition) is 3. The Kier molecular flexibility index (Phi) is 6.53. The second kappa shape index (κ2) is 11.3. The highest BCUT2D eigenvalue weighted by Gasteiger charge is 2.35. The third kappa shape index (κ3) is 4.69. The van der Waals surface area contributed by atoms with Crippen LogP contribution in [-0.2, 0) is 5.41 Å². The zero-order valence-corrected chi connectivity index (χ0v) is 28.4. The summed E-state index contributed by atoms with van der Waals surface area (Å²) in [5, 5.41) is 7.12. The minimum atomic E-state index is -0.137. The SMILES string of the molecule is CC1(C)c2ccccc2-c2ccc(-c3nc(-c4cccc(-c5cccc6ccccc56)c4)nc(-c4cc5ccccc5c5ccccc45)n3)cc21. The summed E-state index contributed by atoms with van der Waals surface area (Å²) in [6, 6.07) is 58.4. The first kappa shape index (κ1) is 29.5. The van der Waals surface area contributed by atoms with Gasteiger partial charge in [-0.2, -0.15) is 0 Å². The standard InChI is InChI=1S/C48H33N3/c1-48(2)43-24-10-9-22-40(43)41-26-25-34(29-44(41)48)46-49-45(33-17-11-16-31(27-33)36-23-12-15-30-13-3-5-18-35(30)36)50-47(51-46)42-28-32-14-4-6-19-37(32)38-20-7-8-21-39(38)42/h3-29H,1-2H3. The van der Waals surface area contributed by atoms with Gasteiger partial charge in [0.2, 0.25) is 0 Å². The topological polar surface area (TPSA) is 38.7 Å². The summed E-state index contributed by atoms with van der Waals surface area (Å²) in [4.78, 5) is 15.8. The van der Waals surface area contributed by atoms with Crippen molar-refractivity contribution < 1.29 is 0 Å². The van der Waals surface area contributed by atoms with E-state index in [2.05, 4.69) is 178 Å². The van der Waals surface area contributed by atoms with Gasteiger partial charge in [-0.3, -0.25) is 0 Å². The van der Waals surface area contributed by atoms with Crippen LogP contribution in [0.25, 0.3) is 88.7 Å². The van der Waals surface area contributed by atoms with Crippen molar-refractivity contribution in [2.45, 2.75) is 19.3 Å². The highest BCUT2D eigenvalue weighted by Crippen LogP contribution is 2.49. The maximum atomic E-state index is 5.28. The van der Waals surface area contributed by atoms with Crippen LogP contribution in [-0.4, -0.2) is 15.0 Å². The van der Waals surface area contributed by atoms with E-state index in [-0.39, 0.29) is 5.41 Å². The Morgan fingerprint density at radius 1 is 0.333 bits per heavy atom. The van der Waals surface area contributed by atoms with E-state index >= 15 is 0 Å². The van der Waals surface area contributed by atoms with Crippen LogP contribution in [0, 0.1) is 0 Å². The molecule has 0 saturated carbocycles. The number of hydrogen-bond donors (Lipinski definition) is 0. The van der Waals surface area contributed by atoms with E-state index in [0.717, 1.165) is 33.0 Å². The molecule has 0 saturated heterocycles. The van der Waals surface area contributed by atoms with Crippen molar-refractivity contribution >= 4 is 32.3 Å². The number of nitrogens with zero attached hydrogens (tertiary/aromatic N) is 3. The molecule has 3 nitrogen and oxygen atoms in total. The van der Waals surface area contributed by atoms with E-state index in [1.807, 2.05) is 0 Å². The molecule has 0 bridgehead atoms. The molecule has 8 aromatic carbocycles. The van der Waals surface area contributed by atoms with Gasteiger partial charge < -0.3 is 0 Å². The molecule has 1 aromatic heterocycles. The van der Waals surface area contributed by atoms with Crippen LogP contribution in [0.5, 0.6) is 0 Å². The zero-order chi connectivity index (χ0) is 34.1. The molecule has 0 atom stereocenters. The van der Waals surface area contributed by atoms with Gasteiger partial charge in [0.05, 0.1) is 0 Å². The van der Waals surface area contributed by atoms with Crippen molar-refractivity contribution in [1.29, 1.82) is 0 Å². The summed E-state index contributed by atoms with van der Waals surface area (Å²) in [5.74, 6) is 1.98. The Morgan fingerprint density at radius 2 is 0.902 bits per heavy atom. The van der Waals surface area contributed by atoms with E-state index in [9.17, 15) is 0 Å². The summed E-state index contributed by atoms with van der Waals surface area (Å²) < 4.78 is 0. The zero-order valence-electron chi connectivity index (χ0n) is 28.4. The average Bonchev–Trinajstić information content (AvgIpc) is 3.42. The van der Waals surface area contributed by atoms with Crippen molar-refractivity contribution in [1.82, 2.24) is 15.0 Å². The quantitative estimate of drug-likeness (QED) is 0.178. The molecule has 240 valence electrons. The van der Waals surface area contributed by atoms with Crippen LogP contribution in [0.4, 0.5) is 0 Å². The molecule has 3 heteroatoms. The summed E-state index contributed by atoms with van der Waals surface area (Å²) in [6.45, 7) is 4.62. The van der Waals surface area contributed by atoms with Crippen LogP contribution in [0.2, 0.25) is 0 Å². The maximum absolute atomic E-state index is 5.28. The van der Waals surface area contributed by atoms with Crippen LogP contribution in [0.3, 0.4) is 0 Å². The van der Waals surface area contributed by atoms with Gasteiger partial charge in [0.15, 0.2) is 17.5 Å². The first-order valence-electron chi connectivity index (χ1n) is 17.5. The molecule has 0 spiro atoms. The fourth-order valence-electron chi connectivity index (χ4n) is 8.14. The predicted octanol–water partition coefficient (Wildman–Crippen LogP) is 12.3. The molecule has 0 fully saturated rings. The van der Waals surface area contributed by atoms with Gasteiger partial charge >= 0.3 is 0 Å². The average molecular weight is 652 g/mol. The lowest BCUT2D eigenvalue weighted by atomic mass is 9.82. The third-order valence-corrected chi connectivity index (χ3v) is 10.7. The molecule has 1 heterocycles. The molecule has 0 unspecified atom stereocenters. The van der Waals surface area contributed by atoms with Crippen molar-refractivity contribution in [2.75, 3.05) is 0 Å². The van der Waals surface area contributed by atoms with Gasteiger partial charge in [0, 0.05) is 22.1 Å². The lowest BCUT2D eigenvalue weighted by Crippen LogP contribution is -2.15. The predicted molar refractivity (Wildman–Crippen MR) is 212 cm³/mol. The number of rotatable bonds is 4. The van der Waals surface area contributed by atoms with Crippen molar-refractivity contribution in [3.63, 3.8) is 0 Å². The second-order valence-electron chi connectivity index (χ2n) is 14.0. The van der Waals surface area contributed by atoms with Crippen molar-refractivity contribution in [2.24, 2.45) is 0 Å². The van der Waals surface area contributed by atoms with Gasteiger partial charge in [-0.05, 0) is 83.9 Å². The highest BCUT2D eigenvalue weighted by atomic mass is 15.0. The van der Waals surface area contributed by atoms with Crippen LogP contribution in [0.15, 0.2) is 164 Å². The Bertz CT molecular complexity index is 2840. The Hall–Kier alpha value is -6.45. The minimum absolute atomic E-state index is 0.137. The van der Waals surface area contributed by atoms with Crippen molar-refractivity contribution in [3.05, 3.63) is 175 Å². The molecule has 0 amide bonds. The first-order chi connectivity index (χ1) is 25.0. The third-order valence-electron chi connectivity index (χ3n) is 10.7. The molecule has 9 aromatic rings. The first-order valence-corrected chi connectivity index (χ1v) is 17.5. The highest BCUT2D eigenvalue weighted by molar-refractivity contribution is 6.13. The molecule has 0 aliphatic heterocycles. The molecule has 1 aliphatic rings. The summed E-state index contributed by atoms with van der Waals surface area (Å²) >= 11 is 0. The molecule has 1 aliphatic carbocycles. The van der Waals surface area contributed by atoms with Gasteiger partial charge in [-0.15, -0.1) is 0 Å². The fraction of sp³-hybridized carbons (Fsp3) is 0.0625. The van der Waals surface area contributed by atoms with Crippen LogP contribution >= 0.6 is 0 Å². The lowest BCUT2D eigenvalue weighted by Gasteiger charge is -2.21. The van der Waals surface area contributed by atoms with Crippen LogP contribution in [0.1, 0.15) is 25.0 Å². The molecule has 0 radical (unpaired) electrons. The molecule has 51 heavy (non-hydrogen) atoms. The normalized spacial score (nSPS) is 13.1. The van der Waals surface area contributed by atoms with E-state index in [0.29, 0.717) is 17.5 Å². The number of benzene rings is 8. The van der Waals surface area contributed by atoms with Gasteiger partial charge in [-0.25, -0.2) is 15.0 Å². The Balaban J connectivity index is 1.20.